The first-order valence-electron chi connectivity index (χ1n) is 6.15. The highest BCUT2D eigenvalue weighted by atomic mass is 35.5. The fourth-order valence-electron chi connectivity index (χ4n) is 1.72. The van der Waals surface area contributed by atoms with E-state index >= 15 is 0 Å². The molecule has 0 saturated heterocycles. The molecule has 2 rings (SSSR count). The van der Waals surface area contributed by atoms with Gasteiger partial charge in [0.15, 0.2) is 0 Å². The summed E-state index contributed by atoms with van der Waals surface area (Å²) < 4.78 is 11.2. The van der Waals surface area contributed by atoms with E-state index in [0.717, 1.165) is 5.75 Å². The highest BCUT2D eigenvalue weighted by Gasteiger charge is 2.09. The number of hydrogen-bond donors (Lipinski definition) is 2. The zero-order chi connectivity index (χ0) is 14.5. The molecular weight excluding hydrogens is 276 g/mol. The number of hydrogen-bond acceptors (Lipinski definition) is 3. The van der Waals surface area contributed by atoms with E-state index in [2.05, 4.69) is 0 Å². The fourth-order valence-corrected chi connectivity index (χ4v) is 1.89. The summed E-state index contributed by atoms with van der Waals surface area (Å²) in [5, 5.41) is 8.07. The maximum Gasteiger partial charge on any atom is 0.139 e. The molecule has 0 unspecified atom stereocenters. The van der Waals surface area contributed by atoms with E-state index in [1.807, 2.05) is 19.1 Å². The van der Waals surface area contributed by atoms with Crippen molar-refractivity contribution in [3.63, 3.8) is 0 Å². The summed E-state index contributed by atoms with van der Waals surface area (Å²) in [5.74, 6) is 1.69. The minimum Gasteiger partial charge on any atom is -0.494 e. The molecule has 4 nitrogen and oxygen atoms in total. The normalized spacial score (nSPS) is 10.1. The molecular formula is C15H15ClN2O2. The highest BCUT2D eigenvalue weighted by molar-refractivity contribution is 6.30. The third-order valence-corrected chi connectivity index (χ3v) is 2.81. The van der Waals surface area contributed by atoms with Crippen LogP contribution < -0.4 is 15.2 Å². The minimum absolute atomic E-state index is 0.0716. The molecule has 0 bridgehead atoms. The lowest BCUT2D eigenvalue weighted by molar-refractivity contribution is 0.338. The Labute approximate surface area is 122 Å². The van der Waals surface area contributed by atoms with Crippen molar-refractivity contribution in [3.05, 3.63) is 53.1 Å². The van der Waals surface area contributed by atoms with Crippen molar-refractivity contribution < 1.29 is 9.47 Å². The lowest BCUT2D eigenvalue weighted by Crippen LogP contribution is -2.12. The van der Waals surface area contributed by atoms with E-state index in [0.29, 0.717) is 28.7 Å². The molecule has 3 N–H and O–H groups in total. The smallest absolute Gasteiger partial charge is 0.139 e. The van der Waals surface area contributed by atoms with Gasteiger partial charge in [-0.1, -0.05) is 17.7 Å². The molecule has 5 heteroatoms. The summed E-state index contributed by atoms with van der Waals surface area (Å²) in [6.07, 6.45) is 0. The van der Waals surface area contributed by atoms with Gasteiger partial charge in [-0.25, -0.2) is 0 Å². The average molecular weight is 291 g/mol. The lowest BCUT2D eigenvalue weighted by Gasteiger charge is -2.11. The molecule has 0 heterocycles. The van der Waals surface area contributed by atoms with E-state index in [1.165, 1.54) is 0 Å². The SMILES string of the molecule is CCOc1cccc(Oc2cc(Cl)ccc2C(=N)N)c1. The van der Waals surface area contributed by atoms with Crippen LogP contribution in [-0.2, 0) is 0 Å². The summed E-state index contributed by atoms with van der Waals surface area (Å²) >= 11 is 5.95. The molecule has 2 aromatic carbocycles. The van der Waals surface area contributed by atoms with Gasteiger partial charge in [-0.15, -0.1) is 0 Å². The van der Waals surface area contributed by atoms with Crippen molar-refractivity contribution in [2.75, 3.05) is 6.61 Å². The summed E-state index contributed by atoms with van der Waals surface area (Å²) in [5.41, 5.74) is 6.03. The molecule has 0 fully saturated rings. The molecule has 0 spiro atoms. The third kappa shape index (κ3) is 3.42. The molecule has 20 heavy (non-hydrogen) atoms. The van der Waals surface area contributed by atoms with Crippen LogP contribution in [0, 0.1) is 5.41 Å². The van der Waals surface area contributed by atoms with Crippen LogP contribution in [0.5, 0.6) is 17.2 Å². The number of nitrogens with two attached hydrogens (primary N) is 1. The van der Waals surface area contributed by atoms with Gasteiger partial charge < -0.3 is 15.2 Å². The van der Waals surface area contributed by atoms with E-state index in [4.69, 9.17) is 32.2 Å². The number of benzene rings is 2. The van der Waals surface area contributed by atoms with Crippen LogP contribution in [0.15, 0.2) is 42.5 Å². The van der Waals surface area contributed by atoms with Gasteiger partial charge in [0.1, 0.15) is 23.1 Å². The molecule has 0 aliphatic heterocycles. The fraction of sp³-hybridized carbons (Fsp3) is 0.133. The number of rotatable bonds is 5. The Bertz CT molecular complexity index is 629. The second-order valence-corrected chi connectivity index (χ2v) is 4.50. The van der Waals surface area contributed by atoms with Crippen LogP contribution in [0.3, 0.4) is 0 Å². The van der Waals surface area contributed by atoms with E-state index in [1.54, 1.807) is 30.3 Å². The van der Waals surface area contributed by atoms with E-state index in [9.17, 15) is 0 Å². The Balaban J connectivity index is 2.31. The van der Waals surface area contributed by atoms with Gasteiger partial charge in [-0.2, -0.15) is 0 Å². The van der Waals surface area contributed by atoms with Crippen molar-refractivity contribution in [2.45, 2.75) is 6.92 Å². The molecule has 0 aliphatic rings. The lowest BCUT2D eigenvalue weighted by atomic mass is 10.2. The van der Waals surface area contributed by atoms with Crippen molar-refractivity contribution in [1.29, 1.82) is 5.41 Å². The van der Waals surface area contributed by atoms with Gasteiger partial charge in [-0.3, -0.25) is 5.41 Å². The Hall–Kier alpha value is -2.20. The van der Waals surface area contributed by atoms with Crippen LogP contribution in [-0.4, -0.2) is 12.4 Å². The molecule has 0 aromatic heterocycles. The number of halogens is 1. The van der Waals surface area contributed by atoms with Crippen molar-refractivity contribution in [3.8, 4) is 17.2 Å². The van der Waals surface area contributed by atoms with Gasteiger partial charge in [0.25, 0.3) is 0 Å². The quantitative estimate of drug-likeness (QED) is 0.650. The Morgan fingerprint density at radius 3 is 2.65 bits per heavy atom. The van der Waals surface area contributed by atoms with Gasteiger partial charge in [-0.05, 0) is 31.2 Å². The maximum atomic E-state index is 7.55. The molecule has 2 aromatic rings. The summed E-state index contributed by atoms with van der Waals surface area (Å²) in [6.45, 7) is 2.50. The first-order chi connectivity index (χ1) is 9.60. The van der Waals surface area contributed by atoms with Crippen molar-refractivity contribution in [2.24, 2.45) is 5.73 Å². The highest BCUT2D eigenvalue weighted by Crippen LogP contribution is 2.30. The Morgan fingerprint density at radius 1 is 1.20 bits per heavy atom. The van der Waals surface area contributed by atoms with Crippen LogP contribution in [0.25, 0.3) is 0 Å². The van der Waals surface area contributed by atoms with E-state index in [-0.39, 0.29) is 5.84 Å². The van der Waals surface area contributed by atoms with E-state index < -0.39 is 0 Å². The minimum atomic E-state index is -0.0716. The number of nitrogens with one attached hydrogen (secondary N) is 1. The van der Waals surface area contributed by atoms with Crippen molar-refractivity contribution >= 4 is 17.4 Å². The Morgan fingerprint density at radius 2 is 1.95 bits per heavy atom. The summed E-state index contributed by atoms with van der Waals surface area (Å²) in [7, 11) is 0. The topological polar surface area (TPSA) is 68.3 Å². The largest absolute Gasteiger partial charge is 0.494 e. The molecule has 0 radical (unpaired) electrons. The second-order valence-electron chi connectivity index (χ2n) is 4.06. The molecule has 0 saturated carbocycles. The van der Waals surface area contributed by atoms with Crippen LogP contribution >= 0.6 is 11.6 Å². The predicted molar refractivity (Wildman–Crippen MR) is 80.2 cm³/mol. The average Bonchev–Trinajstić information content (AvgIpc) is 2.39. The predicted octanol–water partition coefficient (Wildman–Crippen LogP) is 3.82. The first kappa shape index (κ1) is 14.2. The van der Waals surface area contributed by atoms with Gasteiger partial charge >= 0.3 is 0 Å². The van der Waals surface area contributed by atoms with Crippen molar-refractivity contribution in [1.82, 2.24) is 0 Å². The maximum absolute atomic E-state index is 7.55. The molecule has 0 aliphatic carbocycles. The monoisotopic (exact) mass is 290 g/mol. The Kier molecular flexibility index (Phi) is 4.48. The van der Waals surface area contributed by atoms with Gasteiger partial charge in [0.2, 0.25) is 0 Å². The summed E-state index contributed by atoms with van der Waals surface area (Å²) in [4.78, 5) is 0. The van der Waals surface area contributed by atoms with Crippen LogP contribution in [0.2, 0.25) is 5.02 Å². The van der Waals surface area contributed by atoms with Crippen LogP contribution in [0.4, 0.5) is 0 Å². The van der Waals surface area contributed by atoms with Crippen LogP contribution in [0.1, 0.15) is 12.5 Å². The standard InChI is InChI=1S/C15H15ClN2O2/c1-2-19-11-4-3-5-12(9-11)20-14-8-10(16)6-7-13(14)15(17)18/h3-9H,2H2,1H3,(H3,17,18). The number of amidine groups is 1. The number of nitrogen functional groups attached to an aromatic ring is 1. The van der Waals surface area contributed by atoms with Gasteiger partial charge in [0.05, 0.1) is 12.2 Å². The zero-order valence-corrected chi connectivity index (χ0v) is 11.8. The zero-order valence-electron chi connectivity index (χ0n) is 11.0. The first-order valence-corrected chi connectivity index (χ1v) is 6.52. The third-order valence-electron chi connectivity index (χ3n) is 2.58. The summed E-state index contributed by atoms with van der Waals surface area (Å²) in [6, 6.07) is 12.2. The number of ether oxygens (including phenoxy) is 2. The molecule has 0 atom stereocenters. The molecule has 0 amide bonds. The molecule has 104 valence electrons. The second kappa shape index (κ2) is 6.30. The van der Waals surface area contributed by atoms with Gasteiger partial charge in [0, 0.05) is 17.2 Å².